The summed E-state index contributed by atoms with van der Waals surface area (Å²) < 4.78 is 10.8. The number of rotatable bonds is 4. The Morgan fingerprint density at radius 2 is 2.26 bits per heavy atom. The Morgan fingerprint density at radius 1 is 1.53 bits per heavy atom. The summed E-state index contributed by atoms with van der Waals surface area (Å²) >= 11 is 0. The zero-order chi connectivity index (χ0) is 13.8. The van der Waals surface area contributed by atoms with E-state index in [1.165, 1.54) is 13.0 Å². The van der Waals surface area contributed by atoms with Crippen LogP contribution in [0.2, 0.25) is 0 Å². The smallest absolute Gasteiger partial charge is 0.331 e. The minimum Gasteiger partial charge on any atom is -0.484 e. The first-order valence-corrected chi connectivity index (χ1v) is 5.58. The third-order valence-corrected chi connectivity index (χ3v) is 2.61. The Morgan fingerprint density at radius 3 is 2.95 bits per heavy atom. The molecule has 0 atom stereocenters. The van der Waals surface area contributed by atoms with Crippen LogP contribution >= 0.6 is 0 Å². The van der Waals surface area contributed by atoms with Crippen LogP contribution in [-0.4, -0.2) is 17.7 Å². The number of carboxylic acids is 1. The molecule has 0 unspecified atom stereocenters. The number of fused-ring (bicyclic) bond motifs is 1. The predicted molar refractivity (Wildman–Crippen MR) is 67.8 cm³/mol. The van der Waals surface area contributed by atoms with Gasteiger partial charge in [-0.2, -0.15) is 5.26 Å². The first-order chi connectivity index (χ1) is 9.13. The van der Waals surface area contributed by atoms with E-state index >= 15 is 0 Å². The zero-order valence-electron chi connectivity index (χ0n) is 10.2. The minimum atomic E-state index is -0.999. The second-order valence-electron chi connectivity index (χ2n) is 3.87. The van der Waals surface area contributed by atoms with E-state index in [9.17, 15) is 4.79 Å². The van der Waals surface area contributed by atoms with Gasteiger partial charge in [0.2, 0.25) is 5.76 Å². The van der Waals surface area contributed by atoms with E-state index in [4.69, 9.17) is 19.5 Å². The second kappa shape index (κ2) is 5.27. The van der Waals surface area contributed by atoms with Crippen LogP contribution in [0.1, 0.15) is 12.7 Å². The maximum atomic E-state index is 10.6. The van der Waals surface area contributed by atoms with Crippen molar-refractivity contribution < 1.29 is 19.1 Å². The molecule has 96 valence electrons. The summed E-state index contributed by atoms with van der Waals surface area (Å²) in [4.78, 5) is 10.6. The number of nitriles is 1. The molecule has 2 rings (SSSR count). The molecule has 0 aliphatic rings. The van der Waals surface area contributed by atoms with Gasteiger partial charge in [-0.25, -0.2) is 4.79 Å². The fourth-order valence-corrected chi connectivity index (χ4v) is 1.58. The monoisotopic (exact) mass is 257 g/mol. The van der Waals surface area contributed by atoms with Crippen LogP contribution in [0.15, 0.2) is 40.3 Å². The summed E-state index contributed by atoms with van der Waals surface area (Å²) in [6.45, 7) is 1.54. The molecule has 1 aromatic heterocycles. The molecule has 1 N–H and O–H groups in total. The number of hydrogen-bond donors (Lipinski definition) is 1. The van der Waals surface area contributed by atoms with Crippen LogP contribution in [0.4, 0.5) is 0 Å². The average molecular weight is 257 g/mol. The van der Waals surface area contributed by atoms with Crippen molar-refractivity contribution in [2.24, 2.45) is 0 Å². The molecule has 0 radical (unpaired) electrons. The predicted octanol–water partition coefficient (Wildman–Crippen LogP) is 2.71. The van der Waals surface area contributed by atoms with Crippen molar-refractivity contribution in [1.29, 1.82) is 5.26 Å². The lowest BCUT2D eigenvalue weighted by Gasteiger charge is -2.01. The van der Waals surface area contributed by atoms with E-state index in [1.807, 2.05) is 12.1 Å². The molecule has 19 heavy (non-hydrogen) atoms. The van der Waals surface area contributed by atoms with E-state index < -0.39 is 5.97 Å². The van der Waals surface area contributed by atoms with Crippen molar-refractivity contribution in [3.63, 3.8) is 0 Å². The molecule has 0 saturated carbocycles. The Bertz CT molecular complexity index is 691. The van der Waals surface area contributed by atoms with E-state index in [1.54, 1.807) is 18.2 Å². The van der Waals surface area contributed by atoms with Crippen LogP contribution in [0.5, 0.6) is 5.75 Å². The number of para-hydroxylation sites is 1. The van der Waals surface area contributed by atoms with Crippen molar-refractivity contribution in [3.05, 3.63) is 41.7 Å². The Hall–Kier alpha value is -2.74. The van der Waals surface area contributed by atoms with Gasteiger partial charge in [-0.1, -0.05) is 12.1 Å². The average Bonchev–Trinajstić information content (AvgIpc) is 2.76. The van der Waals surface area contributed by atoms with Crippen LogP contribution in [0.25, 0.3) is 11.0 Å². The highest BCUT2D eigenvalue weighted by Gasteiger charge is 2.14. The van der Waals surface area contributed by atoms with Gasteiger partial charge < -0.3 is 14.3 Å². The molecular weight excluding hydrogens is 246 g/mol. The third-order valence-electron chi connectivity index (χ3n) is 2.61. The highest BCUT2D eigenvalue weighted by molar-refractivity contribution is 5.87. The van der Waals surface area contributed by atoms with Crippen molar-refractivity contribution in [2.75, 3.05) is 6.61 Å². The maximum absolute atomic E-state index is 10.6. The molecule has 0 fully saturated rings. The molecule has 5 heteroatoms. The lowest BCUT2D eigenvalue weighted by Crippen LogP contribution is -2.01. The summed E-state index contributed by atoms with van der Waals surface area (Å²) in [5.74, 6) is -0.573. The summed E-state index contributed by atoms with van der Waals surface area (Å²) in [6.07, 6.45) is 1.44. The first kappa shape index (κ1) is 12.7. The van der Waals surface area contributed by atoms with Crippen molar-refractivity contribution >= 4 is 16.9 Å². The number of ether oxygens (including phenoxy) is 1. The largest absolute Gasteiger partial charge is 0.484 e. The van der Waals surface area contributed by atoms with Crippen LogP contribution in [0, 0.1) is 11.3 Å². The van der Waals surface area contributed by atoms with Gasteiger partial charge in [0.1, 0.15) is 18.3 Å². The molecule has 0 aliphatic carbocycles. The molecule has 0 bridgehead atoms. The highest BCUT2D eigenvalue weighted by Crippen LogP contribution is 2.32. The van der Waals surface area contributed by atoms with Crippen LogP contribution in [0.3, 0.4) is 0 Å². The fraction of sp³-hybridized carbons (Fsp3) is 0.143. The molecule has 5 nitrogen and oxygen atoms in total. The Labute approximate surface area is 109 Å². The fourth-order valence-electron chi connectivity index (χ4n) is 1.58. The molecule has 1 heterocycles. The molecule has 2 aromatic rings. The number of furan rings is 1. The van der Waals surface area contributed by atoms with Gasteiger partial charge in [0.05, 0.1) is 5.39 Å². The first-order valence-electron chi connectivity index (χ1n) is 5.58. The van der Waals surface area contributed by atoms with Gasteiger partial charge >= 0.3 is 5.97 Å². The minimum absolute atomic E-state index is 0.0658. The van der Waals surface area contributed by atoms with E-state index in [0.717, 1.165) is 0 Å². The zero-order valence-corrected chi connectivity index (χ0v) is 10.2. The summed E-state index contributed by atoms with van der Waals surface area (Å²) in [5, 5.41) is 18.4. The second-order valence-corrected chi connectivity index (χ2v) is 3.87. The van der Waals surface area contributed by atoms with Crippen molar-refractivity contribution in [2.45, 2.75) is 6.92 Å². The number of benzene rings is 1. The van der Waals surface area contributed by atoms with Gasteiger partial charge in [0, 0.05) is 5.57 Å². The van der Waals surface area contributed by atoms with Crippen molar-refractivity contribution in [3.8, 4) is 11.8 Å². The third kappa shape index (κ3) is 2.58. The normalized spacial score (nSPS) is 11.3. The van der Waals surface area contributed by atoms with E-state index in [-0.39, 0.29) is 17.9 Å². The van der Waals surface area contributed by atoms with E-state index in [0.29, 0.717) is 16.7 Å². The molecular formula is C14H11NO4. The summed E-state index contributed by atoms with van der Waals surface area (Å²) in [5.41, 5.74) is 0.749. The van der Waals surface area contributed by atoms with Gasteiger partial charge in [-0.15, -0.1) is 0 Å². The number of aliphatic carboxylic acids is 1. The van der Waals surface area contributed by atoms with Crippen molar-refractivity contribution in [1.82, 2.24) is 0 Å². The number of hydrogen-bond acceptors (Lipinski definition) is 4. The topological polar surface area (TPSA) is 83.5 Å². The van der Waals surface area contributed by atoms with Gasteiger partial charge in [0.15, 0.2) is 5.75 Å². The molecule has 0 spiro atoms. The summed E-state index contributed by atoms with van der Waals surface area (Å²) in [6, 6.07) is 9.04. The highest BCUT2D eigenvalue weighted by atomic mass is 16.5. The SMILES string of the molecule is C/C(=C/COc1c(C#N)oc2ccccc12)C(=O)O. The molecule has 0 aliphatic heterocycles. The molecule has 0 amide bonds. The van der Waals surface area contributed by atoms with Gasteiger partial charge in [0.25, 0.3) is 0 Å². The molecule has 0 saturated heterocycles. The number of carboxylic acid groups (broad SMARTS) is 1. The van der Waals surface area contributed by atoms with E-state index in [2.05, 4.69) is 0 Å². The number of nitrogens with zero attached hydrogens (tertiary/aromatic N) is 1. The Balaban J connectivity index is 2.28. The summed E-state index contributed by atoms with van der Waals surface area (Å²) in [7, 11) is 0. The van der Waals surface area contributed by atoms with Gasteiger partial charge in [-0.3, -0.25) is 0 Å². The van der Waals surface area contributed by atoms with Crippen LogP contribution in [-0.2, 0) is 4.79 Å². The maximum Gasteiger partial charge on any atom is 0.331 e. The van der Waals surface area contributed by atoms with Crippen LogP contribution < -0.4 is 4.74 Å². The standard InChI is InChI=1S/C14H11NO4/c1-9(14(16)17)6-7-18-13-10-4-2-3-5-11(10)19-12(13)8-15/h2-6H,7H2,1H3,(H,16,17)/b9-6-. The van der Waals surface area contributed by atoms with Gasteiger partial charge in [-0.05, 0) is 25.1 Å². The lowest BCUT2D eigenvalue weighted by atomic mass is 10.2. The Kier molecular flexibility index (Phi) is 3.53. The number of carbonyl (C=O) groups is 1. The molecule has 1 aromatic carbocycles. The quantitative estimate of drug-likeness (QED) is 0.851. The lowest BCUT2D eigenvalue weighted by molar-refractivity contribution is -0.132.